The maximum absolute atomic E-state index is 2.55. The van der Waals surface area contributed by atoms with E-state index in [1.165, 1.54) is 122 Å². The Balaban J connectivity index is 0.847. The van der Waals surface area contributed by atoms with Crippen molar-refractivity contribution in [2.75, 3.05) is 16.3 Å². The van der Waals surface area contributed by atoms with Gasteiger partial charge in [0.05, 0.1) is 16.8 Å². The summed E-state index contributed by atoms with van der Waals surface area (Å²) >= 11 is 1.86. The van der Waals surface area contributed by atoms with Gasteiger partial charge in [-0.1, -0.05) is 171 Å². The molecule has 2 heterocycles. The van der Waals surface area contributed by atoms with E-state index in [4.69, 9.17) is 0 Å². The van der Waals surface area contributed by atoms with Crippen LogP contribution < -0.4 is 9.80 Å². The molecule has 0 saturated heterocycles. The number of nitrogens with zero attached hydrogens (tertiary/aromatic N) is 2. The van der Waals surface area contributed by atoms with Gasteiger partial charge in [-0.15, -0.1) is 0 Å². The van der Waals surface area contributed by atoms with E-state index in [0.29, 0.717) is 0 Å². The maximum Gasteiger partial charge on any atom is 0.0726 e. The zero-order chi connectivity index (χ0) is 43.7. The first-order valence-corrected chi connectivity index (χ1v) is 24.3. The van der Waals surface area contributed by atoms with E-state index >= 15 is 0 Å². The second kappa shape index (κ2) is 14.1. The SMILES string of the molecule is CC1(C)c2cc(C=Cc3ccc4c(c3)C3(c5ccccc5-c5ccccc53)c3cc(N5CCCc6ccccc65)ccc3-4)ccc2-c2ccc(N3c4ccccc4Sc4ccccc43)cc21. The van der Waals surface area contributed by atoms with Crippen LogP contribution in [-0.4, -0.2) is 6.54 Å². The van der Waals surface area contributed by atoms with E-state index in [1.54, 1.807) is 0 Å². The van der Waals surface area contributed by atoms with Crippen LogP contribution in [0.2, 0.25) is 0 Å². The summed E-state index contributed by atoms with van der Waals surface area (Å²) in [7, 11) is 0. The molecule has 2 nitrogen and oxygen atoms in total. The van der Waals surface area contributed by atoms with Crippen molar-refractivity contribution in [2.45, 2.75) is 47.3 Å². The molecule has 9 aromatic carbocycles. The summed E-state index contributed by atoms with van der Waals surface area (Å²) in [6.07, 6.45) is 6.94. The highest BCUT2D eigenvalue weighted by molar-refractivity contribution is 7.99. The molecule has 0 bridgehead atoms. The minimum atomic E-state index is -0.424. The highest BCUT2D eigenvalue weighted by Crippen LogP contribution is 2.64. The number of hydrogen-bond acceptors (Lipinski definition) is 3. The molecule has 5 aliphatic rings. The van der Waals surface area contributed by atoms with Crippen LogP contribution in [0.4, 0.5) is 28.4 Å². The van der Waals surface area contributed by atoms with Crippen molar-refractivity contribution in [3.8, 4) is 33.4 Å². The number of aryl methyl sites for hydroxylation is 1. The molecule has 0 atom stereocenters. The van der Waals surface area contributed by atoms with Crippen LogP contribution in [0, 0.1) is 0 Å². The Labute approximate surface area is 391 Å². The summed E-state index contributed by atoms with van der Waals surface area (Å²) in [6.45, 7) is 5.81. The van der Waals surface area contributed by atoms with Gasteiger partial charge >= 0.3 is 0 Å². The molecule has 0 aromatic heterocycles. The van der Waals surface area contributed by atoms with Crippen molar-refractivity contribution >= 4 is 52.4 Å². The molecule has 0 radical (unpaired) electrons. The minimum Gasteiger partial charge on any atom is -0.341 e. The molecule has 0 N–H and O–H groups in total. The molecule has 14 rings (SSSR count). The molecule has 0 amide bonds. The normalized spacial score (nSPS) is 15.9. The van der Waals surface area contributed by atoms with Gasteiger partial charge in [-0.3, -0.25) is 0 Å². The maximum atomic E-state index is 2.55. The topological polar surface area (TPSA) is 6.48 Å². The Bertz CT molecular complexity index is 3460. The van der Waals surface area contributed by atoms with Gasteiger partial charge in [0, 0.05) is 38.8 Å². The highest BCUT2D eigenvalue weighted by Gasteiger charge is 2.52. The van der Waals surface area contributed by atoms with E-state index < -0.39 is 5.41 Å². The van der Waals surface area contributed by atoms with Gasteiger partial charge in [0.2, 0.25) is 0 Å². The summed E-state index contributed by atoms with van der Waals surface area (Å²) in [6, 6.07) is 73.5. The summed E-state index contributed by atoms with van der Waals surface area (Å²) < 4.78 is 0. The summed E-state index contributed by atoms with van der Waals surface area (Å²) in [5, 5.41) is 0. The fraction of sp³-hybridized carbons (Fsp3) is 0.111. The summed E-state index contributed by atoms with van der Waals surface area (Å²) in [4.78, 5) is 7.57. The average Bonchev–Trinajstić information content (AvgIpc) is 3.92. The molecule has 3 heteroatoms. The largest absolute Gasteiger partial charge is 0.341 e. The smallest absolute Gasteiger partial charge is 0.0726 e. The average molecular weight is 863 g/mol. The highest BCUT2D eigenvalue weighted by atomic mass is 32.2. The number of benzene rings is 9. The van der Waals surface area contributed by atoms with E-state index in [1.807, 2.05) is 11.8 Å². The third-order valence-corrected chi connectivity index (χ3v) is 16.5. The standard InChI is InChI=1S/C63H46N2S/c1-62(2)53-36-40(27-31-47(53)48-34-30-44(39-54(48)62)65-58-21-9-11-23-60(58)66-61-24-12-10-22-59(61)65)25-26-41-28-32-49-50-33-29-43(64-35-13-15-42-14-3-8-20-57(42)64)38-56(50)63(55(49)37-41)51-18-6-4-16-45(51)46-17-5-7-19-52(46)63/h3-12,14,16-34,36-39H,13,15,35H2,1-2H3. The van der Waals surface area contributed by atoms with Gasteiger partial charge in [0.15, 0.2) is 0 Å². The van der Waals surface area contributed by atoms with Gasteiger partial charge in [0.1, 0.15) is 0 Å². The van der Waals surface area contributed by atoms with Crippen LogP contribution in [0.1, 0.15) is 70.3 Å². The molecule has 2 aliphatic heterocycles. The lowest BCUT2D eigenvalue weighted by atomic mass is 9.70. The van der Waals surface area contributed by atoms with Gasteiger partial charge < -0.3 is 9.80 Å². The number of rotatable bonds is 4. The molecule has 9 aromatic rings. The molecule has 1 spiro atoms. The Hall–Kier alpha value is -7.33. The predicted molar refractivity (Wildman–Crippen MR) is 276 cm³/mol. The van der Waals surface area contributed by atoms with Crippen molar-refractivity contribution in [3.63, 3.8) is 0 Å². The zero-order valence-corrected chi connectivity index (χ0v) is 37.9. The number of fused-ring (bicyclic) bond motifs is 16. The lowest BCUT2D eigenvalue weighted by molar-refractivity contribution is 0.660. The lowest BCUT2D eigenvalue weighted by Crippen LogP contribution is -2.27. The third-order valence-electron chi connectivity index (χ3n) is 15.4. The number of anilines is 5. The van der Waals surface area contributed by atoms with Crippen molar-refractivity contribution in [1.29, 1.82) is 0 Å². The molecular formula is C63H46N2S. The van der Waals surface area contributed by atoms with Crippen molar-refractivity contribution in [1.82, 2.24) is 0 Å². The van der Waals surface area contributed by atoms with Gasteiger partial charge in [-0.05, 0) is 157 Å². The van der Waals surface area contributed by atoms with Gasteiger partial charge in [0.25, 0.3) is 0 Å². The van der Waals surface area contributed by atoms with Crippen LogP contribution in [0.25, 0.3) is 45.5 Å². The fourth-order valence-corrected chi connectivity index (χ4v) is 13.4. The quantitative estimate of drug-likeness (QED) is 0.163. The zero-order valence-electron chi connectivity index (χ0n) is 37.1. The van der Waals surface area contributed by atoms with Crippen molar-refractivity contribution < 1.29 is 0 Å². The van der Waals surface area contributed by atoms with Crippen LogP contribution in [0.15, 0.2) is 204 Å². The summed E-state index contributed by atoms with van der Waals surface area (Å²) in [5.41, 5.74) is 25.8. The first-order valence-electron chi connectivity index (χ1n) is 23.4. The number of hydrogen-bond donors (Lipinski definition) is 0. The molecule has 3 aliphatic carbocycles. The van der Waals surface area contributed by atoms with Crippen LogP contribution in [-0.2, 0) is 17.3 Å². The van der Waals surface area contributed by atoms with Crippen LogP contribution in [0.3, 0.4) is 0 Å². The molecule has 314 valence electrons. The first kappa shape index (κ1) is 38.0. The lowest BCUT2D eigenvalue weighted by Gasteiger charge is -2.34. The molecule has 66 heavy (non-hydrogen) atoms. The Morgan fingerprint density at radius 2 is 0.894 bits per heavy atom. The molecule has 0 fully saturated rings. The van der Waals surface area contributed by atoms with E-state index in [9.17, 15) is 0 Å². The van der Waals surface area contributed by atoms with Gasteiger partial charge in [-0.2, -0.15) is 0 Å². The monoisotopic (exact) mass is 862 g/mol. The van der Waals surface area contributed by atoms with E-state index in [2.05, 4.69) is 230 Å². The molecular weight excluding hydrogens is 817 g/mol. The summed E-state index contributed by atoms with van der Waals surface area (Å²) in [5.74, 6) is 0. The first-order chi connectivity index (χ1) is 32.5. The van der Waals surface area contributed by atoms with Crippen molar-refractivity contribution in [2.24, 2.45) is 0 Å². The third kappa shape index (κ3) is 5.26. The van der Waals surface area contributed by atoms with Crippen molar-refractivity contribution in [3.05, 3.63) is 244 Å². The molecule has 0 saturated carbocycles. The van der Waals surface area contributed by atoms with Crippen LogP contribution in [0.5, 0.6) is 0 Å². The van der Waals surface area contributed by atoms with Gasteiger partial charge in [-0.25, -0.2) is 0 Å². The van der Waals surface area contributed by atoms with E-state index in [0.717, 1.165) is 19.4 Å². The minimum absolute atomic E-state index is 0.168. The Kier molecular flexibility index (Phi) is 8.11. The second-order valence-electron chi connectivity index (χ2n) is 19.1. The van der Waals surface area contributed by atoms with Crippen LogP contribution >= 0.6 is 11.8 Å². The Morgan fingerprint density at radius 3 is 1.56 bits per heavy atom. The predicted octanol–water partition coefficient (Wildman–Crippen LogP) is 16.5. The fourth-order valence-electron chi connectivity index (χ4n) is 12.4. The second-order valence-corrected chi connectivity index (χ2v) is 20.2. The number of para-hydroxylation sites is 3. The Morgan fingerprint density at radius 1 is 0.424 bits per heavy atom. The van der Waals surface area contributed by atoms with E-state index in [-0.39, 0.29) is 5.41 Å². The molecule has 0 unspecified atom stereocenters.